The lowest BCUT2D eigenvalue weighted by atomic mass is 10.0. The summed E-state index contributed by atoms with van der Waals surface area (Å²) >= 11 is 0. The van der Waals surface area contributed by atoms with Crippen molar-refractivity contribution in [1.29, 1.82) is 0 Å². The number of rotatable bonds is 5. The molecule has 0 amide bonds. The van der Waals surface area contributed by atoms with Crippen molar-refractivity contribution >= 4 is 16.5 Å². The van der Waals surface area contributed by atoms with Crippen LogP contribution in [-0.4, -0.2) is 37.7 Å². The lowest BCUT2D eigenvalue weighted by molar-refractivity contribution is -0.138. The lowest BCUT2D eigenvalue weighted by Gasteiger charge is -2.20. The Kier molecular flexibility index (Phi) is 7.48. The standard InChI is InChI=1S/C16H25NO3S.C5H10O2/c1-15(2,3)17-21(19,20)12-8-6-11(7-9-12)14-13(10-18)16(14,4)5;1-5(2,3)7-4-6/h6-9,13-14,17-18H,10H2,1-5H3;4H,1-3H3/t13-,14-;/m0./s1. The second-order valence-electron chi connectivity index (χ2n) is 9.84. The highest BCUT2D eigenvalue weighted by atomic mass is 32.2. The monoisotopic (exact) mass is 413 g/mol. The van der Waals surface area contributed by atoms with E-state index < -0.39 is 15.6 Å². The molecule has 6 nitrogen and oxygen atoms in total. The average molecular weight is 414 g/mol. The van der Waals surface area contributed by atoms with E-state index in [2.05, 4.69) is 23.3 Å². The van der Waals surface area contributed by atoms with Crippen molar-refractivity contribution in [1.82, 2.24) is 4.72 Å². The van der Waals surface area contributed by atoms with Crippen LogP contribution < -0.4 is 4.72 Å². The van der Waals surface area contributed by atoms with E-state index in [1.165, 1.54) is 0 Å². The molecule has 2 rings (SSSR count). The molecule has 1 aliphatic rings. The number of carbonyl (C=O) groups excluding carboxylic acids is 1. The van der Waals surface area contributed by atoms with Crippen molar-refractivity contribution < 1.29 is 23.1 Å². The molecule has 0 spiro atoms. The maximum Gasteiger partial charge on any atom is 0.293 e. The number of hydrogen-bond acceptors (Lipinski definition) is 5. The van der Waals surface area contributed by atoms with Gasteiger partial charge >= 0.3 is 0 Å². The summed E-state index contributed by atoms with van der Waals surface area (Å²) in [5, 5.41) is 9.38. The zero-order valence-corrected chi connectivity index (χ0v) is 19.1. The summed E-state index contributed by atoms with van der Waals surface area (Å²) in [7, 11) is -3.49. The average Bonchev–Trinajstić information content (AvgIpc) is 3.05. The Morgan fingerprint density at radius 1 is 1.11 bits per heavy atom. The van der Waals surface area contributed by atoms with Gasteiger partial charge < -0.3 is 9.84 Å². The fraction of sp³-hybridized carbons (Fsp3) is 0.667. The molecular formula is C21H35NO5S. The van der Waals surface area contributed by atoms with E-state index in [1.54, 1.807) is 12.1 Å². The Morgan fingerprint density at radius 2 is 1.61 bits per heavy atom. The third-order valence-corrected chi connectivity index (χ3v) is 6.41. The molecule has 0 radical (unpaired) electrons. The first-order chi connectivity index (χ1) is 12.5. The van der Waals surface area contributed by atoms with Crippen molar-refractivity contribution in [3.63, 3.8) is 0 Å². The molecule has 1 fully saturated rings. The van der Waals surface area contributed by atoms with Crippen molar-refractivity contribution in [2.75, 3.05) is 6.61 Å². The van der Waals surface area contributed by atoms with Crippen LogP contribution in [0.1, 0.15) is 66.9 Å². The van der Waals surface area contributed by atoms with E-state index in [-0.39, 0.29) is 28.4 Å². The summed E-state index contributed by atoms with van der Waals surface area (Å²) in [6.45, 7) is 15.8. The molecule has 0 saturated heterocycles. The number of aliphatic hydroxyl groups excluding tert-OH is 1. The van der Waals surface area contributed by atoms with E-state index in [0.717, 1.165) is 5.56 Å². The van der Waals surface area contributed by atoms with Crippen LogP contribution >= 0.6 is 0 Å². The molecule has 28 heavy (non-hydrogen) atoms. The number of benzene rings is 1. The van der Waals surface area contributed by atoms with Crippen LogP contribution in [0.5, 0.6) is 0 Å². The smallest absolute Gasteiger partial charge is 0.293 e. The summed E-state index contributed by atoms with van der Waals surface area (Å²) in [6.07, 6.45) is 0. The normalized spacial score (nSPS) is 21.3. The van der Waals surface area contributed by atoms with Crippen LogP contribution in [0, 0.1) is 11.3 Å². The fourth-order valence-electron chi connectivity index (χ4n) is 3.21. The summed E-state index contributed by atoms with van der Waals surface area (Å²) in [5.74, 6) is 0.558. The van der Waals surface area contributed by atoms with Crippen LogP contribution in [0.15, 0.2) is 29.2 Å². The molecule has 2 N–H and O–H groups in total. The molecular weight excluding hydrogens is 378 g/mol. The highest BCUT2D eigenvalue weighted by Crippen LogP contribution is 2.64. The Balaban J connectivity index is 0.000000480. The van der Waals surface area contributed by atoms with Gasteiger partial charge in [0.1, 0.15) is 5.60 Å². The minimum absolute atomic E-state index is 0.0821. The first-order valence-corrected chi connectivity index (χ1v) is 10.9. The molecule has 1 aromatic rings. The van der Waals surface area contributed by atoms with Crippen LogP contribution in [0.25, 0.3) is 0 Å². The van der Waals surface area contributed by atoms with E-state index in [9.17, 15) is 18.3 Å². The maximum atomic E-state index is 12.2. The zero-order valence-electron chi connectivity index (χ0n) is 18.2. The molecule has 1 aliphatic carbocycles. The van der Waals surface area contributed by atoms with Crippen molar-refractivity contribution in [3.05, 3.63) is 29.8 Å². The number of nitrogens with one attached hydrogen (secondary N) is 1. The maximum absolute atomic E-state index is 12.2. The molecule has 0 unspecified atom stereocenters. The molecule has 0 bridgehead atoms. The topological polar surface area (TPSA) is 92.7 Å². The van der Waals surface area contributed by atoms with Gasteiger partial charge in [-0.15, -0.1) is 0 Å². The summed E-state index contributed by atoms with van der Waals surface area (Å²) in [6, 6.07) is 7.01. The molecule has 7 heteroatoms. The van der Waals surface area contributed by atoms with Gasteiger partial charge in [0.2, 0.25) is 10.0 Å². The van der Waals surface area contributed by atoms with Crippen LogP contribution in [0.3, 0.4) is 0 Å². The number of sulfonamides is 1. The van der Waals surface area contributed by atoms with Gasteiger partial charge in [0.25, 0.3) is 6.47 Å². The van der Waals surface area contributed by atoms with Crippen molar-refractivity contribution in [2.24, 2.45) is 11.3 Å². The van der Waals surface area contributed by atoms with Gasteiger partial charge in [0.05, 0.1) is 4.90 Å². The molecule has 0 aromatic heterocycles. The van der Waals surface area contributed by atoms with Gasteiger partial charge in [-0.1, -0.05) is 26.0 Å². The highest BCUT2D eigenvalue weighted by molar-refractivity contribution is 7.89. The van der Waals surface area contributed by atoms with E-state index in [0.29, 0.717) is 12.4 Å². The van der Waals surface area contributed by atoms with Gasteiger partial charge in [0.15, 0.2) is 0 Å². The van der Waals surface area contributed by atoms with Gasteiger partial charge in [-0.05, 0) is 76.5 Å². The second-order valence-corrected chi connectivity index (χ2v) is 11.5. The molecule has 1 saturated carbocycles. The van der Waals surface area contributed by atoms with Gasteiger partial charge in [-0.3, -0.25) is 4.79 Å². The summed E-state index contributed by atoms with van der Waals surface area (Å²) < 4.78 is 31.7. The predicted octanol–water partition coefficient (Wildman–Crippen LogP) is 3.45. The number of hydrogen-bond donors (Lipinski definition) is 2. The van der Waals surface area contributed by atoms with Gasteiger partial charge in [-0.2, -0.15) is 0 Å². The predicted molar refractivity (Wildman–Crippen MR) is 111 cm³/mol. The number of ether oxygens (including phenoxy) is 1. The fourth-order valence-corrected chi connectivity index (χ4v) is 4.63. The highest BCUT2D eigenvalue weighted by Gasteiger charge is 2.57. The lowest BCUT2D eigenvalue weighted by Crippen LogP contribution is -2.40. The molecule has 1 aromatic carbocycles. The van der Waals surface area contributed by atoms with E-state index in [1.807, 2.05) is 53.7 Å². The SMILES string of the molecule is CC(C)(C)NS(=O)(=O)c1ccc([C@H]2[C@H](CO)C2(C)C)cc1.CC(C)(C)OC=O. The first kappa shape index (κ1) is 24.6. The Labute approximate surface area is 169 Å². The zero-order chi connectivity index (χ0) is 22.0. The second kappa shape index (κ2) is 8.51. The van der Waals surface area contributed by atoms with Crippen LogP contribution in [0.4, 0.5) is 0 Å². The summed E-state index contributed by atoms with van der Waals surface area (Å²) in [5.41, 5.74) is 0.354. The quantitative estimate of drug-likeness (QED) is 0.721. The Hall–Kier alpha value is -1.44. The van der Waals surface area contributed by atoms with Crippen molar-refractivity contribution in [2.45, 2.75) is 77.3 Å². The Bertz CT molecular complexity index is 755. The molecule has 0 aliphatic heterocycles. The largest absolute Gasteiger partial charge is 0.462 e. The summed E-state index contributed by atoms with van der Waals surface area (Å²) in [4.78, 5) is 9.88. The van der Waals surface area contributed by atoms with Gasteiger partial charge in [-0.25, -0.2) is 13.1 Å². The van der Waals surface area contributed by atoms with E-state index in [4.69, 9.17) is 0 Å². The van der Waals surface area contributed by atoms with Crippen LogP contribution in [0.2, 0.25) is 0 Å². The van der Waals surface area contributed by atoms with Gasteiger partial charge in [0, 0.05) is 12.1 Å². The molecule has 160 valence electrons. The number of carbonyl (C=O) groups is 1. The third kappa shape index (κ3) is 6.87. The minimum Gasteiger partial charge on any atom is -0.462 e. The van der Waals surface area contributed by atoms with Crippen molar-refractivity contribution in [3.8, 4) is 0 Å². The first-order valence-electron chi connectivity index (χ1n) is 9.41. The van der Waals surface area contributed by atoms with Crippen LogP contribution in [-0.2, 0) is 19.6 Å². The Morgan fingerprint density at radius 3 is 1.89 bits per heavy atom. The minimum atomic E-state index is -3.49. The third-order valence-electron chi connectivity index (χ3n) is 4.64. The molecule has 0 heterocycles. The van der Waals surface area contributed by atoms with E-state index >= 15 is 0 Å². The molecule has 2 atom stereocenters. The number of aliphatic hydroxyl groups is 1.